The average Bonchev–Trinajstić information content (AvgIpc) is 2.78. The van der Waals surface area contributed by atoms with Gasteiger partial charge in [0.2, 0.25) is 0 Å². The zero-order valence-electron chi connectivity index (χ0n) is 19.0. The van der Waals surface area contributed by atoms with Gasteiger partial charge in [0.05, 0.1) is 7.11 Å². The van der Waals surface area contributed by atoms with Crippen molar-refractivity contribution in [1.29, 1.82) is 0 Å². The lowest BCUT2D eigenvalue weighted by Crippen LogP contribution is -2.51. The van der Waals surface area contributed by atoms with Crippen molar-refractivity contribution in [2.75, 3.05) is 33.3 Å². The highest BCUT2D eigenvalue weighted by molar-refractivity contribution is 5.85. The number of methoxy groups -OCH3 is 1. The summed E-state index contributed by atoms with van der Waals surface area (Å²) in [7, 11) is 1.80. The Kier molecular flexibility index (Phi) is 9.70. The van der Waals surface area contributed by atoms with Crippen LogP contribution in [-0.4, -0.2) is 49.1 Å². The molecule has 0 spiro atoms. The van der Waals surface area contributed by atoms with Crippen molar-refractivity contribution < 1.29 is 4.74 Å². The van der Waals surface area contributed by atoms with E-state index in [0.717, 1.165) is 31.3 Å². The van der Waals surface area contributed by atoms with E-state index in [2.05, 4.69) is 64.4 Å². The molecule has 1 aliphatic carbocycles. The molecule has 1 unspecified atom stereocenters. The quantitative estimate of drug-likeness (QED) is 0.535. The molecule has 0 amide bonds. The first kappa shape index (κ1) is 24.1. The summed E-state index contributed by atoms with van der Waals surface area (Å²) in [4.78, 5) is 5.49. The van der Waals surface area contributed by atoms with E-state index in [0.29, 0.717) is 6.04 Å². The number of rotatable bonds is 6. The van der Waals surface area contributed by atoms with Gasteiger partial charge in [0.15, 0.2) is 0 Å². The Balaban J connectivity index is 0.00000272. The van der Waals surface area contributed by atoms with E-state index in [4.69, 9.17) is 4.74 Å². The summed E-state index contributed by atoms with van der Waals surface area (Å²) in [6.45, 7) is 4.69. The molecular weight excluding hydrogens is 404 g/mol. The summed E-state index contributed by atoms with van der Waals surface area (Å²) in [6, 6.07) is 20.7. The predicted molar refractivity (Wildman–Crippen MR) is 132 cm³/mol. The first-order chi connectivity index (χ1) is 14.8. The summed E-state index contributed by atoms with van der Waals surface area (Å²) in [6.07, 6.45) is 11.0. The molecule has 170 valence electrons. The Morgan fingerprint density at radius 2 is 1.42 bits per heavy atom. The molecule has 1 saturated carbocycles. The van der Waals surface area contributed by atoms with Gasteiger partial charge in [-0.3, -0.25) is 9.80 Å². The molecule has 0 radical (unpaired) electrons. The molecule has 4 rings (SSSR count). The molecule has 1 aliphatic heterocycles. The van der Waals surface area contributed by atoms with Gasteiger partial charge in [0.1, 0.15) is 5.75 Å². The van der Waals surface area contributed by atoms with Crippen molar-refractivity contribution >= 4 is 12.4 Å². The third-order valence-electron chi connectivity index (χ3n) is 7.15. The molecule has 0 bridgehead atoms. The van der Waals surface area contributed by atoms with Crippen LogP contribution < -0.4 is 4.74 Å². The highest BCUT2D eigenvalue weighted by Crippen LogP contribution is 2.33. The average molecular weight is 443 g/mol. The third kappa shape index (κ3) is 6.47. The third-order valence-corrected chi connectivity index (χ3v) is 7.15. The zero-order valence-corrected chi connectivity index (χ0v) is 19.9. The topological polar surface area (TPSA) is 15.7 Å². The second-order valence-electron chi connectivity index (χ2n) is 9.02. The van der Waals surface area contributed by atoms with Crippen LogP contribution in [0.5, 0.6) is 5.75 Å². The van der Waals surface area contributed by atoms with Crippen LogP contribution in [0.3, 0.4) is 0 Å². The van der Waals surface area contributed by atoms with Gasteiger partial charge in [0.25, 0.3) is 0 Å². The maximum Gasteiger partial charge on any atom is 0.123 e. The summed E-state index contributed by atoms with van der Waals surface area (Å²) in [5.74, 6) is 1.01. The highest BCUT2D eigenvalue weighted by atomic mass is 35.5. The van der Waals surface area contributed by atoms with Crippen LogP contribution in [0.15, 0.2) is 54.6 Å². The van der Waals surface area contributed by atoms with E-state index in [1.807, 2.05) is 0 Å². The van der Waals surface area contributed by atoms with Crippen molar-refractivity contribution in [3.63, 3.8) is 0 Å². The van der Waals surface area contributed by atoms with Crippen LogP contribution in [0.25, 0.3) is 0 Å². The molecule has 1 heterocycles. The number of benzene rings is 2. The fraction of sp³-hybridized carbons (Fsp3) is 0.556. The fourth-order valence-electron chi connectivity index (χ4n) is 5.43. The number of nitrogens with zero attached hydrogens (tertiary/aromatic N) is 2. The molecule has 31 heavy (non-hydrogen) atoms. The lowest BCUT2D eigenvalue weighted by Gasteiger charge is -2.43. The fourth-order valence-corrected chi connectivity index (χ4v) is 5.43. The van der Waals surface area contributed by atoms with E-state index < -0.39 is 0 Å². The Morgan fingerprint density at radius 3 is 2.10 bits per heavy atom. The number of para-hydroxylation sites is 1. The van der Waals surface area contributed by atoms with Crippen LogP contribution >= 0.6 is 12.4 Å². The van der Waals surface area contributed by atoms with Crippen LogP contribution in [0, 0.1) is 0 Å². The number of ether oxygens (including phenoxy) is 1. The van der Waals surface area contributed by atoms with Crippen LogP contribution in [0.1, 0.15) is 62.1 Å². The molecule has 2 aliphatic rings. The minimum Gasteiger partial charge on any atom is -0.496 e. The van der Waals surface area contributed by atoms with Crippen molar-refractivity contribution in [1.82, 2.24) is 9.80 Å². The van der Waals surface area contributed by atoms with Crippen LogP contribution in [0.4, 0.5) is 0 Å². The second kappa shape index (κ2) is 12.5. The second-order valence-corrected chi connectivity index (χ2v) is 9.02. The van der Waals surface area contributed by atoms with Crippen LogP contribution in [-0.2, 0) is 6.42 Å². The smallest absolute Gasteiger partial charge is 0.123 e. The minimum atomic E-state index is 0. The molecule has 2 aromatic rings. The molecule has 2 fully saturated rings. The van der Waals surface area contributed by atoms with Gasteiger partial charge < -0.3 is 4.74 Å². The number of hydrogen-bond acceptors (Lipinski definition) is 3. The molecule has 1 saturated heterocycles. The Labute approximate surface area is 195 Å². The molecule has 1 atom stereocenters. The Bertz CT molecular complexity index is 753. The molecule has 3 nitrogen and oxygen atoms in total. The maximum atomic E-state index is 5.76. The van der Waals surface area contributed by atoms with Crippen molar-refractivity contribution in [3.05, 3.63) is 65.7 Å². The van der Waals surface area contributed by atoms with Crippen LogP contribution in [0.2, 0.25) is 0 Å². The van der Waals surface area contributed by atoms with Gasteiger partial charge in [0, 0.05) is 43.8 Å². The van der Waals surface area contributed by atoms with Crippen molar-refractivity contribution in [2.24, 2.45) is 0 Å². The Hall–Kier alpha value is -1.55. The lowest BCUT2D eigenvalue weighted by atomic mass is 9.94. The van der Waals surface area contributed by atoms with E-state index in [1.54, 1.807) is 7.11 Å². The van der Waals surface area contributed by atoms with E-state index in [-0.39, 0.29) is 12.4 Å². The summed E-state index contributed by atoms with van der Waals surface area (Å²) >= 11 is 0. The number of piperazine rings is 1. The zero-order chi connectivity index (χ0) is 20.6. The standard InChI is InChI=1S/C27H38N2O.ClH/c1-30-27-17-11-10-16-25(27)26(22-23-12-6-5-7-13-23)29-20-18-28(19-21-29)24-14-8-3-2-4-9-15-24;/h5-7,10-13,16-17,24,26H,2-4,8-9,14-15,18-22H2,1H3;1H. The van der Waals surface area contributed by atoms with Crippen molar-refractivity contribution in [2.45, 2.75) is 63.5 Å². The summed E-state index contributed by atoms with van der Waals surface area (Å²) in [5.41, 5.74) is 2.72. The number of halogens is 1. The Morgan fingerprint density at radius 1 is 0.806 bits per heavy atom. The van der Waals surface area contributed by atoms with Gasteiger partial charge in [-0.2, -0.15) is 0 Å². The molecular formula is C27H39ClN2O. The lowest BCUT2D eigenvalue weighted by molar-refractivity contribution is 0.0588. The minimum absolute atomic E-state index is 0. The predicted octanol–water partition coefficient (Wildman–Crippen LogP) is 6.13. The molecule has 2 aromatic carbocycles. The SMILES string of the molecule is COc1ccccc1C(Cc1ccccc1)N1CCN(C2CCCCCCC2)CC1.Cl. The molecule has 0 aromatic heterocycles. The summed E-state index contributed by atoms with van der Waals surface area (Å²) in [5, 5.41) is 0. The van der Waals surface area contributed by atoms with E-state index in [1.165, 1.54) is 69.2 Å². The first-order valence-electron chi connectivity index (χ1n) is 12.0. The van der Waals surface area contributed by atoms with Gasteiger partial charge in [-0.15, -0.1) is 12.4 Å². The normalized spacial score (nSPS) is 20.3. The van der Waals surface area contributed by atoms with Gasteiger partial charge in [-0.05, 0) is 30.9 Å². The molecule has 0 N–H and O–H groups in total. The van der Waals surface area contributed by atoms with Gasteiger partial charge >= 0.3 is 0 Å². The molecule has 4 heteroatoms. The van der Waals surface area contributed by atoms with Gasteiger partial charge in [-0.25, -0.2) is 0 Å². The van der Waals surface area contributed by atoms with E-state index >= 15 is 0 Å². The first-order valence-corrected chi connectivity index (χ1v) is 12.0. The summed E-state index contributed by atoms with van der Waals surface area (Å²) < 4.78 is 5.76. The highest BCUT2D eigenvalue weighted by Gasteiger charge is 2.29. The van der Waals surface area contributed by atoms with Crippen molar-refractivity contribution in [3.8, 4) is 5.75 Å². The number of hydrogen-bond donors (Lipinski definition) is 0. The monoisotopic (exact) mass is 442 g/mol. The largest absolute Gasteiger partial charge is 0.496 e. The maximum absolute atomic E-state index is 5.76. The van der Waals surface area contributed by atoms with E-state index in [9.17, 15) is 0 Å². The van der Waals surface area contributed by atoms with Gasteiger partial charge in [-0.1, -0.05) is 80.6 Å².